The zero-order valence-electron chi connectivity index (χ0n) is 13.2. The van der Waals surface area contributed by atoms with E-state index in [4.69, 9.17) is 9.47 Å². The van der Waals surface area contributed by atoms with E-state index in [0.717, 1.165) is 44.1 Å². The van der Waals surface area contributed by atoms with Crippen molar-refractivity contribution in [3.63, 3.8) is 0 Å². The van der Waals surface area contributed by atoms with Gasteiger partial charge in [0.15, 0.2) is 6.67 Å². The third-order valence-electron chi connectivity index (χ3n) is 5.51. The molecule has 3 aliphatic rings. The van der Waals surface area contributed by atoms with Crippen molar-refractivity contribution in [2.75, 3.05) is 53.2 Å². The molecule has 4 nitrogen and oxygen atoms in total. The molecule has 2 fully saturated rings. The highest BCUT2D eigenvalue weighted by Crippen LogP contribution is 2.37. The Balaban J connectivity index is 1.57. The van der Waals surface area contributed by atoms with Gasteiger partial charge in [-0.25, -0.2) is 0 Å². The molecule has 0 saturated carbocycles. The predicted molar refractivity (Wildman–Crippen MR) is 78.9 cm³/mol. The fourth-order valence-corrected chi connectivity index (χ4v) is 3.76. The van der Waals surface area contributed by atoms with Gasteiger partial charge in [0.2, 0.25) is 0 Å². The highest BCUT2D eigenvalue weighted by Gasteiger charge is 2.46. The molecule has 2 saturated heterocycles. The van der Waals surface area contributed by atoms with Crippen molar-refractivity contribution in [1.29, 1.82) is 0 Å². The van der Waals surface area contributed by atoms with Crippen LogP contribution in [-0.4, -0.2) is 62.6 Å². The van der Waals surface area contributed by atoms with Crippen molar-refractivity contribution in [2.24, 2.45) is 10.8 Å². The average Bonchev–Trinajstić information content (AvgIpc) is 2.71. The molecule has 3 aliphatic heterocycles. The zero-order valence-corrected chi connectivity index (χ0v) is 13.2. The van der Waals surface area contributed by atoms with Gasteiger partial charge in [0.05, 0.1) is 51.6 Å². The van der Waals surface area contributed by atoms with Gasteiger partial charge in [-0.05, 0) is 12.8 Å². The van der Waals surface area contributed by atoms with Crippen molar-refractivity contribution in [3.05, 3.63) is 12.4 Å². The SMILES string of the molecule is CCC1(CN2C=C[N+](C)(CC3(CC)COC3)C2)COC1. The van der Waals surface area contributed by atoms with Crippen molar-refractivity contribution in [2.45, 2.75) is 26.7 Å². The summed E-state index contributed by atoms with van der Waals surface area (Å²) in [5.41, 5.74) is 0.818. The average molecular weight is 281 g/mol. The van der Waals surface area contributed by atoms with Crippen molar-refractivity contribution in [1.82, 2.24) is 4.90 Å². The maximum atomic E-state index is 5.47. The van der Waals surface area contributed by atoms with Crippen LogP contribution >= 0.6 is 0 Å². The van der Waals surface area contributed by atoms with E-state index in [2.05, 4.69) is 38.2 Å². The van der Waals surface area contributed by atoms with Gasteiger partial charge in [-0.2, -0.15) is 0 Å². The number of ether oxygens (including phenoxy) is 2. The van der Waals surface area contributed by atoms with Crippen LogP contribution in [0.1, 0.15) is 26.7 Å². The number of hydrogen-bond donors (Lipinski definition) is 0. The first-order valence-electron chi connectivity index (χ1n) is 7.96. The summed E-state index contributed by atoms with van der Waals surface area (Å²) in [4.78, 5) is 2.49. The van der Waals surface area contributed by atoms with Gasteiger partial charge in [-0.3, -0.25) is 4.48 Å². The lowest BCUT2D eigenvalue weighted by atomic mass is 9.82. The summed E-state index contributed by atoms with van der Waals surface area (Å²) >= 11 is 0. The van der Waals surface area contributed by atoms with E-state index in [0.29, 0.717) is 10.8 Å². The summed E-state index contributed by atoms with van der Waals surface area (Å²) in [6.07, 6.45) is 7.12. The minimum Gasteiger partial charge on any atom is -0.380 e. The largest absolute Gasteiger partial charge is 0.380 e. The van der Waals surface area contributed by atoms with E-state index in [-0.39, 0.29) is 0 Å². The Morgan fingerprint density at radius 1 is 1.05 bits per heavy atom. The molecular weight excluding hydrogens is 252 g/mol. The molecule has 20 heavy (non-hydrogen) atoms. The van der Waals surface area contributed by atoms with Crippen LogP contribution in [0.5, 0.6) is 0 Å². The van der Waals surface area contributed by atoms with Gasteiger partial charge in [0, 0.05) is 12.0 Å². The molecule has 0 N–H and O–H groups in total. The van der Waals surface area contributed by atoms with Gasteiger partial charge in [0.1, 0.15) is 6.20 Å². The normalized spacial score (nSPS) is 33.9. The highest BCUT2D eigenvalue weighted by atomic mass is 16.5. The topological polar surface area (TPSA) is 21.7 Å². The first-order valence-corrected chi connectivity index (χ1v) is 7.96. The second-order valence-corrected chi connectivity index (χ2v) is 7.52. The third kappa shape index (κ3) is 2.49. The lowest BCUT2D eigenvalue weighted by molar-refractivity contribution is -0.870. The van der Waals surface area contributed by atoms with E-state index in [1.165, 1.54) is 19.4 Å². The highest BCUT2D eigenvalue weighted by molar-refractivity contribution is 4.93. The standard InChI is InChI=1S/C16H29N2O2/c1-4-15(10-19-11-15)8-17-6-7-18(3,14-17)9-16(5-2)12-20-13-16/h6-7H,4-5,8-14H2,1-3H3/q+1. The Hall–Kier alpha value is -0.580. The van der Waals surface area contributed by atoms with Crippen molar-refractivity contribution in [3.8, 4) is 0 Å². The van der Waals surface area contributed by atoms with Gasteiger partial charge in [-0.15, -0.1) is 0 Å². The molecular formula is C16H29N2O2+. The summed E-state index contributed by atoms with van der Waals surface area (Å²) in [7, 11) is 2.35. The molecule has 0 amide bonds. The van der Waals surface area contributed by atoms with Gasteiger partial charge >= 0.3 is 0 Å². The van der Waals surface area contributed by atoms with Crippen LogP contribution in [0.2, 0.25) is 0 Å². The summed E-state index contributed by atoms with van der Waals surface area (Å²) in [6, 6.07) is 0. The predicted octanol–water partition coefficient (Wildman–Crippen LogP) is 2.03. The maximum Gasteiger partial charge on any atom is 0.158 e. The quantitative estimate of drug-likeness (QED) is 0.695. The second kappa shape index (κ2) is 5.00. The summed E-state index contributed by atoms with van der Waals surface area (Å²) < 4.78 is 11.9. The summed E-state index contributed by atoms with van der Waals surface area (Å²) in [5, 5.41) is 0. The maximum absolute atomic E-state index is 5.47. The molecule has 1 unspecified atom stereocenters. The van der Waals surface area contributed by atoms with Gasteiger partial charge < -0.3 is 14.4 Å². The van der Waals surface area contributed by atoms with E-state index in [1.54, 1.807) is 0 Å². The van der Waals surface area contributed by atoms with E-state index in [9.17, 15) is 0 Å². The van der Waals surface area contributed by atoms with Crippen LogP contribution in [0, 0.1) is 10.8 Å². The molecule has 0 bridgehead atoms. The van der Waals surface area contributed by atoms with Gasteiger partial charge in [-0.1, -0.05) is 13.8 Å². The number of rotatable bonds is 6. The first kappa shape index (κ1) is 14.4. The third-order valence-corrected chi connectivity index (χ3v) is 5.51. The summed E-state index contributed by atoms with van der Waals surface area (Å²) in [6.45, 7) is 11.8. The lowest BCUT2D eigenvalue weighted by Crippen LogP contribution is -2.57. The minimum atomic E-state index is 0.404. The molecule has 0 aliphatic carbocycles. The van der Waals surface area contributed by atoms with Crippen LogP contribution < -0.4 is 0 Å². The van der Waals surface area contributed by atoms with Crippen molar-refractivity contribution < 1.29 is 14.0 Å². The molecule has 0 radical (unpaired) electrons. The first-order chi connectivity index (χ1) is 9.53. The molecule has 0 spiro atoms. The molecule has 0 aromatic heterocycles. The van der Waals surface area contributed by atoms with Crippen LogP contribution in [0.3, 0.4) is 0 Å². The Bertz CT molecular complexity index is 377. The Morgan fingerprint density at radius 3 is 2.10 bits per heavy atom. The Morgan fingerprint density at radius 2 is 1.65 bits per heavy atom. The van der Waals surface area contributed by atoms with Crippen LogP contribution in [0.4, 0.5) is 0 Å². The molecule has 3 rings (SSSR count). The Kier molecular flexibility index (Phi) is 3.59. The van der Waals surface area contributed by atoms with Crippen LogP contribution in [-0.2, 0) is 9.47 Å². The smallest absolute Gasteiger partial charge is 0.158 e. The van der Waals surface area contributed by atoms with Gasteiger partial charge in [0.25, 0.3) is 0 Å². The fraction of sp³-hybridized carbons (Fsp3) is 0.875. The number of quaternary nitrogens is 1. The minimum absolute atomic E-state index is 0.404. The number of hydrogen-bond acceptors (Lipinski definition) is 3. The fourth-order valence-electron chi connectivity index (χ4n) is 3.76. The summed E-state index contributed by atoms with van der Waals surface area (Å²) in [5.74, 6) is 0. The molecule has 114 valence electrons. The van der Waals surface area contributed by atoms with Crippen LogP contribution in [0.25, 0.3) is 0 Å². The second-order valence-electron chi connectivity index (χ2n) is 7.52. The monoisotopic (exact) mass is 281 g/mol. The van der Waals surface area contributed by atoms with Crippen molar-refractivity contribution >= 4 is 0 Å². The molecule has 0 aromatic rings. The number of nitrogens with zero attached hydrogens (tertiary/aromatic N) is 2. The molecule has 1 atom stereocenters. The lowest BCUT2D eigenvalue weighted by Gasteiger charge is -2.46. The van der Waals surface area contributed by atoms with E-state index >= 15 is 0 Å². The molecule has 0 aromatic carbocycles. The molecule has 4 heteroatoms. The Labute approximate surface area is 122 Å². The van der Waals surface area contributed by atoms with E-state index < -0.39 is 0 Å². The van der Waals surface area contributed by atoms with Crippen LogP contribution in [0.15, 0.2) is 12.4 Å². The zero-order chi connectivity index (χ0) is 14.3. The molecule has 3 heterocycles. The van der Waals surface area contributed by atoms with E-state index in [1.807, 2.05) is 0 Å².